The maximum absolute atomic E-state index is 13.2. The van der Waals surface area contributed by atoms with Crippen molar-refractivity contribution in [2.45, 2.75) is 12.3 Å². The van der Waals surface area contributed by atoms with Crippen molar-refractivity contribution in [2.24, 2.45) is 5.73 Å². The summed E-state index contributed by atoms with van der Waals surface area (Å²) in [5.41, 5.74) is 8.87. The summed E-state index contributed by atoms with van der Waals surface area (Å²) in [5, 5.41) is 6.23. The van der Waals surface area contributed by atoms with Crippen LogP contribution >= 0.6 is 11.3 Å². The molecule has 8 heteroatoms. The van der Waals surface area contributed by atoms with Crippen molar-refractivity contribution < 1.29 is 9.18 Å². The Kier molecular flexibility index (Phi) is 5.14. The highest BCUT2D eigenvalue weighted by atomic mass is 32.1. The maximum atomic E-state index is 13.2. The number of hydrogen-bond donors (Lipinski definition) is 3. The number of aromatic nitrogens is 3. The van der Waals surface area contributed by atoms with E-state index < -0.39 is 5.92 Å². The molecule has 142 valence electrons. The van der Waals surface area contributed by atoms with Crippen LogP contribution in [0.15, 0.2) is 54.2 Å². The summed E-state index contributed by atoms with van der Waals surface area (Å²) in [6.07, 6.45) is 4.04. The number of fused-ring (bicyclic) bond motifs is 1. The smallest absolute Gasteiger partial charge is 0.233 e. The summed E-state index contributed by atoms with van der Waals surface area (Å²) in [7, 11) is 0. The largest absolute Gasteiger partial charge is 0.345 e. The van der Waals surface area contributed by atoms with Gasteiger partial charge in [0.1, 0.15) is 11.5 Å². The molecule has 0 aliphatic heterocycles. The molecular formula is C20H18FN5OS. The lowest BCUT2D eigenvalue weighted by atomic mass is 9.95. The number of carbonyl (C=O) groups is 1. The van der Waals surface area contributed by atoms with E-state index in [0.717, 1.165) is 27.9 Å². The molecule has 1 amide bonds. The number of halogens is 1. The van der Waals surface area contributed by atoms with E-state index in [2.05, 4.69) is 20.3 Å². The quantitative estimate of drug-likeness (QED) is 0.461. The number of carbonyl (C=O) groups excluding carboxylic acids is 1. The summed E-state index contributed by atoms with van der Waals surface area (Å²) in [4.78, 5) is 24.7. The molecule has 0 spiro atoms. The molecule has 0 aliphatic rings. The van der Waals surface area contributed by atoms with Gasteiger partial charge in [-0.3, -0.25) is 4.79 Å². The number of benzene rings is 1. The number of anilines is 1. The average molecular weight is 395 g/mol. The van der Waals surface area contributed by atoms with E-state index in [1.165, 1.54) is 23.5 Å². The minimum Gasteiger partial charge on any atom is -0.345 e. The van der Waals surface area contributed by atoms with Crippen molar-refractivity contribution in [1.29, 1.82) is 0 Å². The number of nitrogens with one attached hydrogen (secondary N) is 2. The minimum atomic E-state index is -0.463. The molecule has 1 unspecified atom stereocenters. The average Bonchev–Trinajstić information content (AvgIpc) is 3.33. The first-order chi connectivity index (χ1) is 13.7. The molecule has 1 aromatic carbocycles. The first-order valence-corrected chi connectivity index (χ1v) is 9.68. The monoisotopic (exact) mass is 395 g/mol. The van der Waals surface area contributed by atoms with Gasteiger partial charge in [0.15, 0.2) is 5.13 Å². The van der Waals surface area contributed by atoms with Crippen LogP contribution in [0.5, 0.6) is 0 Å². The second-order valence-electron chi connectivity index (χ2n) is 6.31. The molecule has 0 fully saturated rings. The molecule has 0 saturated carbocycles. The molecule has 6 nitrogen and oxygen atoms in total. The van der Waals surface area contributed by atoms with Gasteiger partial charge in [-0.15, -0.1) is 11.3 Å². The zero-order valence-electron chi connectivity index (χ0n) is 14.9. The van der Waals surface area contributed by atoms with E-state index in [1.807, 2.05) is 23.7 Å². The van der Waals surface area contributed by atoms with Crippen LogP contribution in [0.25, 0.3) is 22.3 Å². The van der Waals surface area contributed by atoms with Crippen molar-refractivity contribution in [3.05, 3.63) is 65.6 Å². The third-order valence-corrected chi connectivity index (χ3v) is 5.26. The maximum Gasteiger partial charge on any atom is 0.233 e. The van der Waals surface area contributed by atoms with Crippen LogP contribution in [-0.2, 0) is 4.79 Å². The lowest BCUT2D eigenvalue weighted by Gasteiger charge is -2.15. The van der Waals surface area contributed by atoms with Gasteiger partial charge in [-0.1, -0.05) is 12.1 Å². The van der Waals surface area contributed by atoms with Crippen molar-refractivity contribution in [3.63, 3.8) is 0 Å². The molecular weight excluding hydrogens is 377 g/mol. The highest BCUT2D eigenvalue weighted by Crippen LogP contribution is 2.31. The molecule has 0 radical (unpaired) electrons. The number of rotatable bonds is 6. The van der Waals surface area contributed by atoms with Crippen LogP contribution in [0.3, 0.4) is 0 Å². The van der Waals surface area contributed by atoms with E-state index in [9.17, 15) is 9.18 Å². The van der Waals surface area contributed by atoms with Crippen molar-refractivity contribution in [1.82, 2.24) is 15.0 Å². The van der Waals surface area contributed by atoms with Crippen molar-refractivity contribution in [3.8, 4) is 11.3 Å². The summed E-state index contributed by atoms with van der Waals surface area (Å²) in [6.45, 7) is 0.348. The van der Waals surface area contributed by atoms with Gasteiger partial charge in [0.2, 0.25) is 5.91 Å². The van der Waals surface area contributed by atoms with Gasteiger partial charge in [-0.2, -0.15) is 0 Å². The van der Waals surface area contributed by atoms with Gasteiger partial charge in [0.05, 0.1) is 11.6 Å². The SMILES string of the molecule is NCCC(C(=O)Nc1nc(-c2c[nH]c3ncccc23)cs1)c1ccc(F)cc1. The molecule has 3 aromatic heterocycles. The van der Waals surface area contributed by atoms with Crippen LogP contribution in [0.4, 0.5) is 9.52 Å². The highest BCUT2D eigenvalue weighted by Gasteiger charge is 2.21. The number of nitrogens with zero attached hydrogens (tertiary/aromatic N) is 2. The van der Waals surface area contributed by atoms with Crippen LogP contribution in [0.2, 0.25) is 0 Å². The number of nitrogens with two attached hydrogens (primary N) is 1. The Hall–Kier alpha value is -3.10. The summed E-state index contributed by atoms with van der Waals surface area (Å²) in [6, 6.07) is 9.76. The normalized spacial score (nSPS) is 12.2. The number of H-pyrrole nitrogens is 1. The number of thiazole rings is 1. The molecule has 0 aliphatic carbocycles. The summed E-state index contributed by atoms with van der Waals surface area (Å²) in [5.74, 6) is -1.01. The Balaban J connectivity index is 1.55. The third-order valence-electron chi connectivity index (χ3n) is 4.51. The predicted molar refractivity (Wildman–Crippen MR) is 109 cm³/mol. The molecule has 1 atom stereocenters. The first kappa shape index (κ1) is 18.3. The highest BCUT2D eigenvalue weighted by molar-refractivity contribution is 7.14. The van der Waals surface area contributed by atoms with Gasteiger partial charge in [-0.05, 0) is 42.8 Å². The molecule has 0 saturated heterocycles. The molecule has 28 heavy (non-hydrogen) atoms. The topological polar surface area (TPSA) is 96.7 Å². The summed E-state index contributed by atoms with van der Waals surface area (Å²) >= 11 is 1.35. The Morgan fingerprint density at radius 1 is 1.29 bits per heavy atom. The second-order valence-corrected chi connectivity index (χ2v) is 7.17. The Morgan fingerprint density at radius 2 is 2.11 bits per heavy atom. The molecule has 4 aromatic rings. The van der Waals surface area contributed by atoms with Crippen LogP contribution in [0.1, 0.15) is 17.9 Å². The van der Waals surface area contributed by atoms with Gasteiger partial charge in [0, 0.05) is 28.7 Å². The molecule has 0 bridgehead atoms. The van der Waals surface area contributed by atoms with Crippen LogP contribution < -0.4 is 11.1 Å². The molecule has 4 N–H and O–H groups in total. The lowest BCUT2D eigenvalue weighted by Crippen LogP contribution is -2.23. The fraction of sp³-hybridized carbons (Fsp3) is 0.150. The number of aromatic amines is 1. The Labute approximate surface area is 164 Å². The number of hydrogen-bond acceptors (Lipinski definition) is 5. The van der Waals surface area contributed by atoms with Crippen molar-refractivity contribution in [2.75, 3.05) is 11.9 Å². The standard InChI is InChI=1S/C20H18FN5OS/c21-13-5-3-12(4-6-13)14(7-8-22)19(27)26-20-25-17(11-28-20)16-10-24-18-15(16)2-1-9-23-18/h1-6,9-11,14H,7-8,22H2,(H,23,24)(H,25,26,27). The van der Waals surface area contributed by atoms with Gasteiger partial charge in [-0.25, -0.2) is 14.4 Å². The number of pyridine rings is 1. The second kappa shape index (κ2) is 7.87. The first-order valence-electron chi connectivity index (χ1n) is 8.80. The van der Waals surface area contributed by atoms with Gasteiger partial charge < -0.3 is 16.0 Å². The zero-order valence-corrected chi connectivity index (χ0v) is 15.7. The molecule has 3 heterocycles. The fourth-order valence-electron chi connectivity index (χ4n) is 3.13. The summed E-state index contributed by atoms with van der Waals surface area (Å²) < 4.78 is 13.2. The van der Waals surface area contributed by atoms with Crippen LogP contribution in [-0.4, -0.2) is 27.4 Å². The van der Waals surface area contributed by atoms with Gasteiger partial charge in [0.25, 0.3) is 0 Å². The minimum absolute atomic E-state index is 0.210. The van der Waals surface area contributed by atoms with E-state index in [-0.39, 0.29) is 11.7 Å². The van der Waals surface area contributed by atoms with Gasteiger partial charge >= 0.3 is 0 Å². The van der Waals surface area contributed by atoms with Crippen molar-refractivity contribution >= 4 is 33.4 Å². The van der Waals surface area contributed by atoms with E-state index in [1.54, 1.807) is 18.3 Å². The van der Waals surface area contributed by atoms with E-state index in [0.29, 0.717) is 18.1 Å². The van der Waals surface area contributed by atoms with E-state index in [4.69, 9.17) is 5.73 Å². The fourth-order valence-corrected chi connectivity index (χ4v) is 3.84. The van der Waals surface area contributed by atoms with Crippen LogP contribution in [0, 0.1) is 5.82 Å². The van der Waals surface area contributed by atoms with E-state index >= 15 is 0 Å². The Morgan fingerprint density at radius 3 is 2.89 bits per heavy atom. The molecule has 4 rings (SSSR count). The predicted octanol–water partition coefficient (Wildman–Crippen LogP) is 3.90. The third kappa shape index (κ3) is 3.64. The zero-order chi connectivity index (χ0) is 19.5. The number of amides is 1. The lowest BCUT2D eigenvalue weighted by molar-refractivity contribution is -0.117. The Bertz CT molecular complexity index is 1110.